The minimum atomic E-state index is -2.92. The quantitative estimate of drug-likeness (QED) is 0.776. The molecule has 1 atom stereocenters. The Kier molecular flexibility index (Phi) is 2.94. The van der Waals surface area contributed by atoms with E-state index in [9.17, 15) is 4.57 Å². The fourth-order valence-corrected chi connectivity index (χ4v) is 4.39. The zero-order chi connectivity index (χ0) is 12.4. The van der Waals surface area contributed by atoms with Gasteiger partial charge in [0.25, 0.3) is 0 Å². The molecule has 1 fully saturated rings. The number of rotatable bonds is 2. The maximum Gasteiger partial charge on any atom is 0.326 e. The van der Waals surface area contributed by atoms with Gasteiger partial charge in [-0.15, -0.1) is 0 Å². The Balaban J connectivity index is 2.04. The van der Waals surface area contributed by atoms with Crippen molar-refractivity contribution in [1.82, 2.24) is 0 Å². The molecule has 1 aliphatic rings. The van der Waals surface area contributed by atoms with Crippen molar-refractivity contribution >= 4 is 18.5 Å². The van der Waals surface area contributed by atoms with E-state index < -0.39 is 7.52 Å². The molecule has 1 saturated heterocycles. The molecule has 0 saturated carbocycles. The third kappa shape index (κ3) is 1.86. The molecule has 0 spiro atoms. The molecule has 0 bridgehead atoms. The number of para-hydroxylation sites is 1. The van der Waals surface area contributed by atoms with E-state index in [0.717, 1.165) is 11.0 Å². The largest absolute Gasteiger partial charge is 0.326 e. The van der Waals surface area contributed by atoms with E-state index in [-0.39, 0.29) is 0 Å². The predicted octanol–water partition coefficient (Wildman–Crippen LogP) is 3.04. The highest BCUT2D eigenvalue weighted by Crippen LogP contribution is 2.55. The van der Waals surface area contributed by atoms with Crippen LogP contribution in [0.1, 0.15) is 0 Å². The van der Waals surface area contributed by atoms with Crippen LogP contribution in [0.15, 0.2) is 60.7 Å². The topological polar surface area (TPSA) is 29.5 Å². The molecule has 3 rings (SSSR count). The molecule has 18 heavy (non-hydrogen) atoms. The fourth-order valence-electron chi connectivity index (χ4n) is 2.16. The summed E-state index contributed by atoms with van der Waals surface area (Å²) in [5, 5.41) is 0.756. The molecule has 0 amide bonds. The van der Waals surface area contributed by atoms with Gasteiger partial charge in [0.1, 0.15) is 0 Å². The first-order valence-corrected chi connectivity index (χ1v) is 7.52. The van der Waals surface area contributed by atoms with Gasteiger partial charge in [0, 0.05) is 5.69 Å². The van der Waals surface area contributed by atoms with Crippen molar-refractivity contribution in [2.24, 2.45) is 0 Å². The molecule has 1 heterocycles. The number of hydrogen-bond acceptors (Lipinski definition) is 2. The number of nitrogens with zero attached hydrogens (tertiary/aromatic N) is 1. The first kappa shape index (κ1) is 11.5. The predicted molar refractivity (Wildman–Crippen MR) is 73.4 cm³/mol. The van der Waals surface area contributed by atoms with Crippen molar-refractivity contribution in [3.05, 3.63) is 60.7 Å². The lowest BCUT2D eigenvalue weighted by molar-refractivity contribution is 0.365. The van der Waals surface area contributed by atoms with Gasteiger partial charge in [-0.25, -0.2) is 0 Å². The summed E-state index contributed by atoms with van der Waals surface area (Å²) in [6, 6.07) is 19.2. The van der Waals surface area contributed by atoms with Crippen LogP contribution < -0.4 is 9.97 Å². The zero-order valence-corrected chi connectivity index (χ0v) is 10.8. The van der Waals surface area contributed by atoms with Gasteiger partial charge in [-0.2, -0.15) is 0 Å². The number of anilines is 1. The summed E-state index contributed by atoms with van der Waals surface area (Å²) in [5.41, 5.74) is 0.946. The smallest absolute Gasteiger partial charge is 0.308 e. The number of benzene rings is 2. The molecule has 92 valence electrons. The lowest BCUT2D eigenvalue weighted by atomic mass is 10.3. The molecule has 0 N–H and O–H groups in total. The minimum Gasteiger partial charge on any atom is -0.308 e. The van der Waals surface area contributed by atoms with Gasteiger partial charge in [0.2, 0.25) is 0 Å². The second kappa shape index (κ2) is 4.60. The molecule has 3 nitrogen and oxygen atoms in total. The maximum absolute atomic E-state index is 13.1. The molecule has 2 aromatic rings. The van der Waals surface area contributed by atoms with Gasteiger partial charge in [-0.3, -0.25) is 9.24 Å². The van der Waals surface area contributed by atoms with Crippen molar-refractivity contribution in [2.45, 2.75) is 0 Å². The first-order valence-electron chi connectivity index (χ1n) is 5.94. The van der Waals surface area contributed by atoms with Crippen molar-refractivity contribution in [3.8, 4) is 0 Å². The van der Waals surface area contributed by atoms with Crippen LogP contribution in [0.5, 0.6) is 0 Å². The van der Waals surface area contributed by atoms with Gasteiger partial charge >= 0.3 is 7.52 Å². The summed E-state index contributed by atoms with van der Waals surface area (Å²) in [7, 11) is -2.92. The van der Waals surface area contributed by atoms with Crippen molar-refractivity contribution in [2.75, 3.05) is 17.8 Å². The molecule has 2 aromatic carbocycles. The summed E-state index contributed by atoms with van der Waals surface area (Å²) >= 11 is 0. The Labute approximate surface area is 107 Å². The SMILES string of the molecule is O=P1(c2ccccc2)OCCN1c1ccccc1. The van der Waals surface area contributed by atoms with Crippen LogP contribution in [-0.4, -0.2) is 13.2 Å². The van der Waals surface area contributed by atoms with E-state index in [1.165, 1.54) is 0 Å². The molecule has 1 aliphatic heterocycles. The standard InChI is InChI=1S/C14H14NO2P/c16-18(14-9-5-2-6-10-14)15(11-12-17-18)13-7-3-1-4-8-13/h1-10H,11-12H2. The third-order valence-corrected chi connectivity index (χ3v) is 5.57. The molecule has 0 aliphatic carbocycles. The summed E-state index contributed by atoms with van der Waals surface area (Å²) < 4.78 is 20.5. The van der Waals surface area contributed by atoms with Gasteiger partial charge < -0.3 is 4.52 Å². The van der Waals surface area contributed by atoms with E-state index in [1.54, 1.807) is 0 Å². The maximum atomic E-state index is 13.1. The minimum absolute atomic E-state index is 0.501. The lowest BCUT2D eigenvalue weighted by Crippen LogP contribution is -2.21. The van der Waals surface area contributed by atoms with Gasteiger partial charge in [0.05, 0.1) is 18.5 Å². The first-order chi connectivity index (χ1) is 8.81. The van der Waals surface area contributed by atoms with E-state index in [1.807, 2.05) is 65.3 Å². The summed E-state index contributed by atoms with van der Waals surface area (Å²) in [5.74, 6) is 0. The summed E-state index contributed by atoms with van der Waals surface area (Å²) in [6.45, 7) is 1.16. The van der Waals surface area contributed by atoms with Crippen LogP contribution in [0, 0.1) is 0 Å². The zero-order valence-electron chi connectivity index (χ0n) is 9.90. The summed E-state index contributed by atoms with van der Waals surface area (Å²) in [6.07, 6.45) is 0. The summed E-state index contributed by atoms with van der Waals surface area (Å²) in [4.78, 5) is 0. The molecular formula is C14H14NO2P. The molecule has 4 heteroatoms. The second-order valence-corrected chi connectivity index (χ2v) is 6.45. The highest BCUT2D eigenvalue weighted by Gasteiger charge is 2.39. The third-order valence-electron chi connectivity index (χ3n) is 3.02. The van der Waals surface area contributed by atoms with Gasteiger partial charge in [-0.1, -0.05) is 36.4 Å². The average molecular weight is 259 g/mol. The van der Waals surface area contributed by atoms with E-state index in [0.29, 0.717) is 13.2 Å². The van der Waals surface area contributed by atoms with E-state index in [2.05, 4.69) is 0 Å². The van der Waals surface area contributed by atoms with Crippen molar-refractivity contribution in [3.63, 3.8) is 0 Å². The van der Waals surface area contributed by atoms with Crippen LogP contribution in [0.2, 0.25) is 0 Å². The highest BCUT2D eigenvalue weighted by molar-refractivity contribution is 7.68. The number of hydrogen-bond donors (Lipinski definition) is 0. The van der Waals surface area contributed by atoms with E-state index in [4.69, 9.17) is 4.52 Å². The van der Waals surface area contributed by atoms with Crippen LogP contribution in [0.25, 0.3) is 0 Å². The van der Waals surface area contributed by atoms with Crippen LogP contribution in [0.3, 0.4) is 0 Å². The van der Waals surface area contributed by atoms with Crippen LogP contribution >= 0.6 is 7.52 Å². The van der Waals surface area contributed by atoms with Gasteiger partial charge in [0.15, 0.2) is 0 Å². The second-order valence-electron chi connectivity index (χ2n) is 4.15. The van der Waals surface area contributed by atoms with Crippen molar-refractivity contribution < 1.29 is 9.09 Å². The lowest BCUT2D eigenvalue weighted by Gasteiger charge is -2.24. The normalized spacial score (nSPS) is 23.2. The Morgan fingerprint density at radius 3 is 2.22 bits per heavy atom. The van der Waals surface area contributed by atoms with Crippen LogP contribution in [0.4, 0.5) is 5.69 Å². The highest BCUT2D eigenvalue weighted by atomic mass is 31.2. The molecule has 0 aromatic heterocycles. The van der Waals surface area contributed by atoms with Gasteiger partial charge in [-0.05, 0) is 24.3 Å². The molecular weight excluding hydrogens is 245 g/mol. The molecule has 0 radical (unpaired) electrons. The van der Waals surface area contributed by atoms with Crippen molar-refractivity contribution in [1.29, 1.82) is 0 Å². The Hall–Kier alpha value is -1.57. The monoisotopic (exact) mass is 259 g/mol. The Bertz CT molecular complexity index is 571. The average Bonchev–Trinajstić information content (AvgIpc) is 2.84. The van der Waals surface area contributed by atoms with Crippen LogP contribution in [-0.2, 0) is 9.09 Å². The Morgan fingerprint density at radius 1 is 0.944 bits per heavy atom. The van der Waals surface area contributed by atoms with E-state index >= 15 is 0 Å². The molecule has 1 unspecified atom stereocenters. The fraction of sp³-hybridized carbons (Fsp3) is 0.143. The Morgan fingerprint density at radius 2 is 1.56 bits per heavy atom.